The predicted octanol–water partition coefficient (Wildman–Crippen LogP) is 0.105. The minimum absolute atomic E-state index is 0.389. The van der Waals surface area contributed by atoms with Gasteiger partial charge in [-0.1, -0.05) is 0 Å². The smallest absolute Gasteiger partial charge is 0.324 e. The van der Waals surface area contributed by atoms with Gasteiger partial charge in [0.25, 0.3) is 0 Å². The molecule has 0 spiro atoms. The zero-order chi connectivity index (χ0) is 7.98. The second-order valence-corrected chi connectivity index (χ2v) is 1.70. The fourth-order valence-electron chi connectivity index (χ4n) is 0.634. The summed E-state index contributed by atoms with van der Waals surface area (Å²) >= 11 is 0. The van der Waals surface area contributed by atoms with Gasteiger partial charge in [0.05, 0.1) is 0 Å². The van der Waals surface area contributed by atoms with Crippen molar-refractivity contribution in [2.24, 2.45) is 0 Å². The number of rotatable bonds is 3. The maximum Gasteiger partial charge on any atom is 0.324 e. The summed E-state index contributed by atoms with van der Waals surface area (Å²) in [7, 11) is 0. The number of imide groups is 1. The molecule has 0 aliphatic rings. The molecule has 0 saturated carbocycles. The van der Waals surface area contributed by atoms with E-state index in [-0.39, 0.29) is 6.03 Å². The van der Waals surface area contributed by atoms with Gasteiger partial charge in [0, 0.05) is 13.1 Å². The Labute approximate surface area is 60.2 Å². The van der Waals surface area contributed by atoms with Crippen LogP contribution in [-0.2, 0) is 4.79 Å². The van der Waals surface area contributed by atoms with Gasteiger partial charge in [-0.15, -0.1) is 0 Å². The molecule has 0 fully saturated rings. The first-order chi connectivity index (χ1) is 4.76. The zero-order valence-electron chi connectivity index (χ0n) is 6.18. The van der Waals surface area contributed by atoms with E-state index in [0.717, 1.165) is 0 Å². The van der Waals surface area contributed by atoms with Crippen LogP contribution < -0.4 is 5.32 Å². The molecule has 1 N–H and O–H groups in total. The summed E-state index contributed by atoms with van der Waals surface area (Å²) in [6.07, 6.45) is 1.33. The summed E-state index contributed by atoms with van der Waals surface area (Å²) in [6, 6.07) is -0.389. The van der Waals surface area contributed by atoms with E-state index in [1.165, 1.54) is 11.3 Å². The van der Waals surface area contributed by atoms with Crippen LogP contribution in [0.2, 0.25) is 0 Å². The first-order valence-corrected chi connectivity index (χ1v) is 3.18. The summed E-state index contributed by atoms with van der Waals surface area (Å²) in [4.78, 5) is 21.9. The molecule has 0 unspecified atom stereocenters. The van der Waals surface area contributed by atoms with Crippen LogP contribution in [0.25, 0.3) is 0 Å². The van der Waals surface area contributed by atoms with E-state index >= 15 is 0 Å². The fraction of sp³-hybridized carbons (Fsp3) is 0.667. The third-order valence-corrected chi connectivity index (χ3v) is 1.21. The van der Waals surface area contributed by atoms with Crippen molar-refractivity contribution in [1.29, 1.82) is 0 Å². The average Bonchev–Trinajstić information content (AvgIpc) is 1.91. The molecule has 1 radical (unpaired) electrons. The van der Waals surface area contributed by atoms with Crippen molar-refractivity contribution in [3.8, 4) is 0 Å². The van der Waals surface area contributed by atoms with Crippen molar-refractivity contribution in [1.82, 2.24) is 10.2 Å². The van der Waals surface area contributed by atoms with Crippen molar-refractivity contribution < 1.29 is 9.59 Å². The highest BCUT2D eigenvalue weighted by molar-refractivity contribution is 5.84. The minimum atomic E-state index is -0.389. The van der Waals surface area contributed by atoms with Crippen LogP contribution >= 0.6 is 0 Å². The third-order valence-electron chi connectivity index (χ3n) is 1.21. The van der Waals surface area contributed by atoms with Gasteiger partial charge in [-0.25, -0.2) is 4.79 Å². The summed E-state index contributed by atoms with van der Waals surface area (Å²) in [6.45, 7) is 4.88. The molecule has 0 aliphatic heterocycles. The second-order valence-electron chi connectivity index (χ2n) is 1.70. The lowest BCUT2D eigenvalue weighted by atomic mass is 10.5. The van der Waals surface area contributed by atoms with Crippen molar-refractivity contribution in [2.75, 3.05) is 13.1 Å². The van der Waals surface area contributed by atoms with Crippen LogP contribution in [0.1, 0.15) is 13.8 Å². The zero-order valence-corrected chi connectivity index (χ0v) is 6.18. The van der Waals surface area contributed by atoms with Gasteiger partial charge in [0.1, 0.15) is 0 Å². The molecule has 0 heterocycles. The standard InChI is InChI=1S/C6H11N2O2/c1-3-8(4-2)6(10)7-5-9/h3-4H2,1-2H3,(H,7,9,10). The lowest BCUT2D eigenvalue weighted by Crippen LogP contribution is -2.38. The summed E-state index contributed by atoms with van der Waals surface area (Å²) in [5.41, 5.74) is 0. The van der Waals surface area contributed by atoms with Gasteiger partial charge in [-0.05, 0) is 13.8 Å². The SMILES string of the molecule is CCN(CC)C(=O)N[C]=O. The molecule has 0 saturated heterocycles. The third kappa shape index (κ3) is 2.48. The Balaban J connectivity index is 3.76. The molecule has 4 heteroatoms. The normalized spacial score (nSPS) is 8.60. The average molecular weight is 143 g/mol. The second kappa shape index (κ2) is 4.78. The molecule has 4 nitrogen and oxygen atoms in total. The van der Waals surface area contributed by atoms with Gasteiger partial charge in [-0.3, -0.25) is 10.1 Å². The van der Waals surface area contributed by atoms with Crippen molar-refractivity contribution >= 4 is 12.4 Å². The number of nitrogens with zero attached hydrogens (tertiary/aromatic N) is 1. The Morgan fingerprint density at radius 1 is 1.50 bits per heavy atom. The molecule has 0 atom stereocenters. The number of amides is 3. The molecule has 0 rings (SSSR count). The maximum atomic E-state index is 10.8. The molecule has 57 valence electrons. The van der Waals surface area contributed by atoms with E-state index in [1.54, 1.807) is 0 Å². The van der Waals surface area contributed by atoms with Gasteiger partial charge < -0.3 is 4.90 Å². The topological polar surface area (TPSA) is 49.4 Å². The lowest BCUT2D eigenvalue weighted by molar-refractivity contribution is 0.208. The van der Waals surface area contributed by atoms with Gasteiger partial charge in [0.15, 0.2) is 0 Å². The molecule has 3 amide bonds. The molecule has 0 aromatic heterocycles. The molecule has 0 aromatic rings. The van der Waals surface area contributed by atoms with E-state index in [4.69, 9.17) is 0 Å². The summed E-state index contributed by atoms with van der Waals surface area (Å²) in [5.74, 6) is 0. The molecular weight excluding hydrogens is 132 g/mol. The molecular formula is C6H11N2O2. The Kier molecular flexibility index (Phi) is 4.28. The van der Waals surface area contributed by atoms with Gasteiger partial charge >= 0.3 is 12.4 Å². The van der Waals surface area contributed by atoms with Crippen molar-refractivity contribution in [3.63, 3.8) is 0 Å². The van der Waals surface area contributed by atoms with E-state index < -0.39 is 0 Å². The summed E-state index contributed by atoms with van der Waals surface area (Å²) in [5, 5.41) is 1.93. The van der Waals surface area contributed by atoms with Crippen LogP contribution in [-0.4, -0.2) is 30.4 Å². The maximum absolute atomic E-state index is 10.8. The largest absolute Gasteiger partial charge is 0.325 e. The number of hydrogen-bond acceptors (Lipinski definition) is 2. The lowest BCUT2D eigenvalue weighted by Gasteiger charge is -2.16. The highest BCUT2D eigenvalue weighted by Gasteiger charge is 2.06. The predicted molar refractivity (Wildman–Crippen MR) is 37.1 cm³/mol. The quantitative estimate of drug-likeness (QED) is 0.570. The van der Waals surface area contributed by atoms with Crippen molar-refractivity contribution in [3.05, 3.63) is 0 Å². The summed E-state index contributed by atoms with van der Waals surface area (Å²) < 4.78 is 0. The van der Waals surface area contributed by atoms with Crippen LogP contribution in [0.3, 0.4) is 0 Å². The molecule has 0 bridgehead atoms. The Bertz CT molecular complexity index is 121. The van der Waals surface area contributed by atoms with Crippen LogP contribution in [0.4, 0.5) is 4.79 Å². The van der Waals surface area contributed by atoms with Gasteiger partial charge in [-0.2, -0.15) is 0 Å². The van der Waals surface area contributed by atoms with E-state index in [1.807, 2.05) is 19.2 Å². The highest BCUT2D eigenvalue weighted by atomic mass is 16.2. The number of urea groups is 1. The molecule has 0 aliphatic carbocycles. The van der Waals surface area contributed by atoms with Crippen molar-refractivity contribution in [2.45, 2.75) is 13.8 Å². The van der Waals surface area contributed by atoms with Crippen LogP contribution in [0.15, 0.2) is 0 Å². The van der Waals surface area contributed by atoms with E-state index in [9.17, 15) is 9.59 Å². The first-order valence-electron chi connectivity index (χ1n) is 3.18. The monoisotopic (exact) mass is 143 g/mol. The van der Waals surface area contributed by atoms with Crippen LogP contribution in [0.5, 0.6) is 0 Å². The first kappa shape index (κ1) is 8.94. The molecule has 0 aromatic carbocycles. The number of carbonyl (C=O) groups is 1. The van der Waals surface area contributed by atoms with E-state index in [0.29, 0.717) is 13.1 Å². The van der Waals surface area contributed by atoms with E-state index in [2.05, 4.69) is 0 Å². The number of nitrogens with one attached hydrogen (secondary N) is 1. The highest BCUT2D eigenvalue weighted by Crippen LogP contribution is 1.85. The number of hydrogen-bond donors (Lipinski definition) is 1. The molecule has 10 heavy (non-hydrogen) atoms. The Morgan fingerprint density at radius 2 is 2.00 bits per heavy atom. The minimum Gasteiger partial charge on any atom is -0.325 e. The fourth-order valence-corrected chi connectivity index (χ4v) is 0.634. The number of carbonyl (C=O) groups excluding carboxylic acids is 2. The Morgan fingerprint density at radius 3 is 2.30 bits per heavy atom. The van der Waals surface area contributed by atoms with Crippen LogP contribution in [0, 0.1) is 0 Å². The van der Waals surface area contributed by atoms with Gasteiger partial charge in [0.2, 0.25) is 0 Å². The Hall–Kier alpha value is -1.06.